The van der Waals surface area contributed by atoms with Crippen LogP contribution in [-0.2, 0) is 4.74 Å². The zero-order valence-corrected chi connectivity index (χ0v) is 12.7. The van der Waals surface area contributed by atoms with Gasteiger partial charge in [-0.3, -0.25) is 4.99 Å². The number of aliphatic imine (C=N–C) groups is 1. The normalized spacial score (nSPS) is 19.2. The Morgan fingerprint density at radius 1 is 1.45 bits per heavy atom. The van der Waals surface area contributed by atoms with E-state index in [1.807, 2.05) is 24.3 Å². The second-order valence-electron chi connectivity index (χ2n) is 4.82. The third kappa shape index (κ3) is 5.43. The first-order chi connectivity index (χ1) is 9.74. The summed E-state index contributed by atoms with van der Waals surface area (Å²) in [5.74, 6) is 1.69. The summed E-state index contributed by atoms with van der Waals surface area (Å²) in [6.07, 6.45) is 2.49. The molecule has 0 unspecified atom stereocenters. The first-order valence-corrected chi connectivity index (χ1v) is 7.96. The second kappa shape index (κ2) is 8.17. The standard InChI is InChI=1S/C15H22N2O2S/c1-12-4-6-13(7-5-12)19-9-10-20-15(16)17-11-14-3-2-8-18-14/h4-7,14H,2-3,8-11H2,1H3,(H2,16,17)/t14-/m0/s1. The van der Waals surface area contributed by atoms with Gasteiger partial charge in [0.15, 0.2) is 5.17 Å². The summed E-state index contributed by atoms with van der Waals surface area (Å²) in [5.41, 5.74) is 7.09. The van der Waals surface area contributed by atoms with Crippen molar-refractivity contribution in [1.82, 2.24) is 0 Å². The molecule has 1 fully saturated rings. The van der Waals surface area contributed by atoms with Crippen LogP contribution in [0.2, 0.25) is 0 Å². The lowest BCUT2D eigenvalue weighted by atomic mass is 10.2. The van der Waals surface area contributed by atoms with Gasteiger partial charge in [0.2, 0.25) is 0 Å². The fourth-order valence-electron chi connectivity index (χ4n) is 1.97. The highest BCUT2D eigenvalue weighted by Gasteiger charge is 2.14. The third-order valence-electron chi connectivity index (χ3n) is 3.10. The number of benzene rings is 1. The van der Waals surface area contributed by atoms with Gasteiger partial charge in [-0.15, -0.1) is 0 Å². The molecular weight excluding hydrogens is 272 g/mol. The summed E-state index contributed by atoms with van der Waals surface area (Å²) < 4.78 is 11.1. The minimum atomic E-state index is 0.262. The minimum Gasteiger partial charge on any atom is -0.493 e. The van der Waals surface area contributed by atoms with E-state index in [0.29, 0.717) is 18.3 Å². The maximum atomic E-state index is 5.85. The fraction of sp³-hybridized carbons (Fsp3) is 0.533. The minimum absolute atomic E-state index is 0.262. The summed E-state index contributed by atoms with van der Waals surface area (Å²) in [6, 6.07) is 8.05. The van der Waals surface area contributed by atoms with Crippen LogP contribution < -0.4 is 10.5 Å². The zero-order chi connectivity index (χ0) is 14.2. The molecule has 1 aliphatic heterocycles. The summed E-state index contributed by atoms with van der Waals surface area (Å²) in [4.78, 5) is 4.34. The highest BCUT2D eigenvalue weighted by Crippen LogP contribution is 2.13. The molecule has 1 aromatic carbocycles. The third-order valence-corrected chi connectivity index (χ3v) is 3.89. The van der Waals surface area contributed by atoms with E-state index in [2.05, 4.69) is 11.9 Å². The van der Waals surface area contributed by atoms with E-state index < -0.39 is 0 Å². The highest BCUT2D eigenvalue weighted by atomic mass is 32.2. The predicted molar refractivity (Wildman–Crippen MR) is 84.6 cm³/mol. The molecule has 0 amide bonds. The Labute approximate surface area is 124 Å². The molecule has 5 heteroatoms. The van der Waals surface area contributed by atoms with Crippen molar-refractivity contribution in [3.8, 4) is 5.75 Å². The number of nitrogens with zero attached hydrogens (tertiary/aromatic N) is 1. The molecule has 0 spiro atoms. The van der Waals surface area contributed by atoms with Gasteiger partial charge < -0.3 is 15.2 Å². The van der Waals surface area contributed by atoms with E-state index in [0.717, 1.165) is 31.0 Å². The topological polar surface area (TPSA) is 56.8 Å². The van der Waals surface area contributed by atoms with E-state index in [-0.39, 0.29) is 6.10 Å². The average molecular weight is 294 g/mol. The Morgan fingerprint density at radius 3 is 2.95 bits per heavy atom. The van der Waals surface area contributed by atoms with Crippen LogP contribution in [-0.4, -0.2) is 36.8 Å². The largest absolute Gasteiger partial charge is 0.493 e. The maximum Gasteiger partial charge on any atom is 0.154 e. The molecule has 0 aliphatic carbocycles. The number of ether oxygens (including phenoxy) is 2. The lowest BCUT2D eigenvalue weighted by Gasteiger charge is -2.07. The summed E-state index contributed by atoms with van der Waals surface area (Å²) in [7, 11) is 0. The molecule has 0 bridgehead atoms. The van der Waals surface area contributed by atoms with Crippen LogP contribution in [0.1, 0.15) is 18.4 Å². The van der Waals surface area contributed by atoms with E-state index in [1.165, 1.54) is 17.3 Å². The van der Waals surface area contributed by atoms with Crippen molar-refractivity contribution in [3.05, 3.63) is 29.8 Å². The smallest absolute Gasteiger partial charge is 0.154 e. The van der Waals surface area contributed by atoms with Gasteiger partial charge >= 0.3 is 0 Å². The lowest BCUT2D eigenvalue weighted by molar-refractivity contribution is 0.118. The highest BCUT2D eigenvalue weighted by molar-refractivity contribution is 8.13. The zero-order valence-electron chi connectivity index (χ0n) is 11.9. The van der Waals surface area contributed by atoms with Crippen LogP contribution in [0.4, 0.5) is 0 Å². The number of hydrogen-bond acceptors (Lipinski definition) is 4. The molecule has 0 saturated carbocycles. The number of amidine groups is 1. The van der Waals surface area contributed by atoms with Gasteiger partial charge in [0.25, 0.3) is 0 Å². The van der Waals surface area contributed by atoms with E-state index in [9.17, 15) is 0 Å². The molecule has 0 aromatic heterocycles. The molecule has 0 radical (unpaired) electrons. The molecular formula is C15H22N2O2S. The van der Waals surface area contributed by atoms with Gasteiger partial charge in [0.1, 0.15) is 5.75 Å². The summed E-state index contributed by atoms with van der Waals surface area (Å²) in [6.45, 7) is 4.23. The van der Waals surface area contributed by atoms with Crippen LogP contribution in [0.3, 0.4) is 0 Å². The van der Waals surface area contributed by atoms with E-state index in [1.54, 1.807) is 0 Å². The Kier molecular flexibility index (Phi) is 6.21. The van der Waals surface area contributed by atoms with Gasteiger partial charge in [0.05, 0.1) is 19.3 Å². The van der Waals surface area contributed by atoms with E-state index in [4.69, 9.17) is 15.2 Å². The Hall–Kier alpha value is -1.20. The van der Waals surface area contributed by atoms with Crippen molar-refractivity contribution >= 4 is 16.9 Å². The Bertz CT molecular complexity index is 428. The van der Waals surface area contributed by atoms with Crippen LogP contribution in [0, 0.1) is 6.92 Å². The van der Waals surface area contributed by atoms with Gasteiger partial charge in [-0.1, -0.05) is 29.5 Å². The molecule has 1 heterocycles. The van der Waals surface area contributed by atoms with Crippen molar-refractivity contribution in [2.45, 2.75) is 25.9 Å². The van der Waals surface area contributed by atoms with Crippen LogP contribution in [0.25, 0.3) is 0 Å². The van der Waals surface area contributed by atoms with Crippen molar-refractivity contribution < 1.29 is 9.47 Å². The van der Waals surface area contributed by atoms with Crippen molar-refractivity contribution in [3.63, 3.8) is 0 Å². The van der Waals surface area contributed by atoms with Crippen LogP contribution in [0.15, 0.2) is 29.3 Å². The summed E-state index contributed by atoms with van der Waals surface area (Å²) in [5, 5.41) is 0.619. The van der Waals surface area contributed by atoms with Crippen molar-refractivity contribution in [2.24, 2.45) is 10.7 Å². The van der Waals surface area contributed by atoms with Gasteiger partial charge in [-0.25, -0.2) is 0 Å². The molecule has 1 saturated heterocycles. The maximum absolute atomic E-state index is 5.85. The number of nitrogens with two attached hydrogens (primary N) is 1. The monoisotopic (exact) mass is 294 g/mol. The number of hydrogen-bond donors (Lipinski definition) is 1. The number of thioether (sulfide) groups is 1. The SMILES string of the molecule is Cc1ccc(OCCSC(N)=NC[C@@H]2CCCO2)cc1. The fourth-order valence-corrected chi connectivity index (χ4v) is 2.51. The molecule has 1 aromatic rings. The first kappa shape index (κ1) is 15.2. The van der Waals surface area contributed by atoms with Gasteiger partial charge in [-0.2, -0.15) is 0 Å². The average Bonchev–Trinajstić information content (AvgIpc) is 2.96. The molecule has 2 rings (SSSR count). The molecule has 1 aliphatic rings. The number of aryl methyl sites for hydroxylation is 1. The lowest BCUT2D eigenvalue weighted by Crippen LogP contribution is -2.15. The Balaban J connectivity index is 1.59. The molecule has 4 nitrogen and oxygen atoms in total. The van der Waals surface area contributed by atoms with Gasteiger partial charge in [0, 0.05) is 12.4 Å². The summed E-state index contributed by atoms with van der Waals surface area (Å²) >= 11 is 1.53. The van der Waals surface area contributed by atoms with Crippen molar-refractivity contribution in [1.29, 1.82) is 0 Å². The Morgan fingerprint density at radius 2 is 2.25 bits per heavy atom. The molecule has 110 valence electrons. The first-order valence-electron chi connectivity index (χ1n) is 6.98. The molecule has 1 atom stereocenters. The van der Waals surface area contributed by atoms with Crippen LogP contribution >= 0.6 is 11.8 Å². The van der Waals surface area contributed by atoms with E-state index >= 15 is 0 Å². The van der Waals surface area contributed by atoms with Crippen molar-refractivity contribution in [2.75, 3.05) is 25.5 Å². The quantitative estimate of drug-likeness (QED) is 0.498. The number of rotatable bonds is 6. The van der Waals surface area contributed by atoms with Gasteiger partial charge in [-0.05, 0) is 31.9 Å². The predicted octanol–water partition coefficient (Wildman–Crippen LogP) is 2.60. The second-order valence-corrected chi connectivity index (χ2v) is 5.94. The molecule has 20 heavy (non-hydrogen) atoms. The van der Waals surface area contributed by atoms with Crippen LogP contribution in [0.5, 0.6) is 5.75 Å². The molecule has 2 N–H and O–H groups in total.